The molecule has 3 rings (SSSR count). The van der Waals surface area contributed by atoms with Crippen molar-refractivity contribution in [2.75, 3.05) is 5.32 Å². The molecule has 134 valence electrons. The van der Waals surface area contributed by atoms with E-state index in [1.807, 2.05) is 61.7 Å². The largest absolute Gasteiger partial charge is 0.491 e. The number of aromatic nitrogens is 1. The molecule has 0 radical (unpaired) electrons. The topological polar surface area (TPSA) is 51.2 Å². The Morgan fingerprint density at radius 1 is 1.08 bits per heavy atom. The lowest BCUT2D eigenvalue weighted by Gasteiger charge is -2.18. The normalized spacial score (nSPS) is 12.0. The Labute approximate surface area is 157 Å². The number of anilines is 1. The summed E-state index contributed by atoms with van der Waals surface area (Å²) in [6.45, 7) is 4.01. The molecule has 0 aliphatic rings. The first kappa shape index (κ1) is 18.1. The van der Waals surface area contributed by atoms with Crippen LogP contribution in [0.25, 0.3) is 0 Å². The van der Waals surface area contributed by atoms with Crippen LogP contribution in [0, 0.1) is 0 Å². The first-order valence-electron chi connectivity index (χ1n) is 8.62. The van der Waals surface area contributed by atoms with Crippen molar-refractivity contribution >= 4 is 22.4 Å². The first-order chi connectivity index (χ1) is 12.6. The monoisotopic (exact) mass is 366 g/mol. The van der Waals surface area contributed by atoms with Crippen molar-refractivity contribution in [1.82, 2.24) is 4.98 Å². The minimum absolute atomic E-state index is 0.0238. The summed E-state index contributed by atoms with van der Waals surface area (Å²) in [6.07, 6.45) is 2.17. The number of carbonyl (C=O) groups is 1. The van der Waals surface area contributed by atoms with Gasteiger partial charge >= 0.3 is 0 Å². The summed E-state index contributed by atoms with van der Waals surface area (Å²) < 4.78 is 5.72. The van der Waals surface area contributed by atoms with E-state index in [9.17, 15) is 4.79 Å². The smallest absolute Gasteiger partial charge is 0.227 e. The lowest BCUT2D eigenvalue weighted by atomic mass is 9.88. The molecule has 0 saturated carbocycles. The third-order valence-electron chi connectivity index (χ3n) is 3.92. The van der Waals surface area contributed by atoms with Gasteiger partial charge in [0.15, 0.2) is 5.13 Å². The van der Waals surface area contributed by atoms with E-state index in [2.05, 4.69) is 22.4 Å². The lowest BCUT2D eigenvalue weighted by Crippen LogP contribution is -2.16. The van der Waals surface area contributed by atoms with Gasteiger partial charge in [0.25, 0.3) is 0 Å². The van der Waals surface area contributed by atoms with Gasteiger partial charge in [0.05, 0.1) is 6.10 Å². The number of nitrogens with zero attached hydrogens (tertiary/aromatic N) is 1. The van der Waals surface area contributed by atoms with E-state index >= 15 is 0 Å². The highest BCUT2D eigenvalue weighted by molar-refractivity contribution is 7.13. The quantitative estimate of drug-likeness (QED) is 0.633. The van der Waals surface area contributed by atoms with Crippen molar-refractivity contribution in [3.8, 4) is 5.75 Å². The highest BCUT2D eigenvalue weighted by Gasteiger charge is 2.19. The van der Waals surface area contributed by atoms with Crippen molar-refractivity contribution in [3.63, 3.8) is 0 Å². The van der Waals surface area contributed by atoms with Crippen molar-refractivity contribution in [2.45, 2.75) is 32.3 Å². The number of nitrogens with one attached hydrogen (secondary N) is 1. The van der Waals surface area contributed by atoms with Gasteiger partial charge in [-0.2, -0.15) is 0 Å². The standard InChI is InChI=1S/C21H22N2O2S/c1-15(2)25-18-10-8-17(9-11-18)19(16-6-4-3-5-7-16)14-20(24)23-21-22-12-13-26-21/h3-13,15,19H,14H2,1-2H3,(H,22,23,24). The van der Waals surface area contributed by atoms with Gasteiger partial charge in [-0.1, -0.05) is 42.5 Å². The molecule has 26 heavy (non-hydrogen) atoms. The van der Waals surface area contributed by atoms with E-state index in [1.165, 1.54) is 11.3 Å². The summed E-state index contributed by atoms with van der Waals surface area (Å²) in [6, 6.07) is 18.1. The summed E-state index contributed by atoms with van der Waals surface area (Å²) in [5, 5.41) is 5.35. The number of rotatable bonds is 7. The van der Waals surface area contributed by atoms with Gasteiger partial charge in [-0.3, -0.25) is 4.79 Å². The Bertz CT molecular complexity index is 815. The number of thiazole rings is 1. The number of ether oxygens (including phenoxy) is 1. The molecule has 0 aliphatic carbocycles. The molecule has 0 fully saturated rings. The van der Waals surface area contributed by atoms with Crippen LogP contribution >= 0.6 is 11.3 Å². The first-order valence-corrected chi connectivity index (χ1v) is 9.50. The molecule has 1 heterocycles. The minimum atomic E-state index is -0.0451. The third kappa shape index (κ3) is 4.92. The van der Waals surface area contributed by atoms with Crippen LogP contribution in [0.3, 0.4) is 0 Å². The average Bonchev–Trinajstić information content (AvgIpc) is 3.14. The number of amides is 1. The molecule has 1 amide bonds. The second-order valence-electron chi connectivity index (χ2n) is 6.29. The Morgan fingerprint density at radius 3 is 2.38 bits per heavy atom. The SMILES string of the molecule is CC(C)Oc1ccc(C(CC(=O)Nc2nccs2)c2ccccc2)cc1. The molecule has 2 aromatic carbocycles. The molecule has 0 spiro atoms. The van der Waals surface area contributed by atoms with Crippen molar-refractivity contribution < 1.29 is 9.53 Å². The van der Waals surface area contributed by atoms with Crippen LogP contribution in [-0.4, -0.2) is 17.0 Å². The van der Waals surface area contributed by atoms with Crippen LogP contribution in [0.4, 0.5) is 5.13 Å². The molecule has 1 N–H and O–H groups in total. The van der Waals surface area contributed by atoms with Gasteiger partial charge in [-0.25, -0.2) is 4.98 Å². The van der Waals surface area contributed by atoms with Gasteiger partial charge in [0, 0.05) is 23.9 Å². The average molecular weight is 366 g/mol. The molecule has 0 saturated heterocycles. The second-order valence-corrected chi connectivity index (χ2v) is 7.18. The second kappa shape index (κ2) is 8.63. The van der Waals surface area contributed by atoms with Gasteiger partial charge in [-0.05, 0) is 37.1 Å². The molecule has 1 aromatic heterocycles. The molecule has 3 aromatic rings. The van der Waals surface area contributed by atoms with Gasteiger partial charge in [0.2, 0.25) is 5.91 Å². The predicted molar refractivity (Wildman–Crippen MR) is 106 cm³/mol. The van der Waals surface area contributed by atoms with E-state index in [-0.39, 0.29) is 17.9 Å². The molecule has 4 nitrogen and oxygen atoms in total. The molecule has 1 unspecified atom stereocenters. The van der Waals surface area contributed by atoms with Crippen LogP contribution in [-0.2, 0) is 4.79 Å². The van der Waals surface area contributed by atoms with E-state index in [0.717, 1.165) is 16.9 Å². The number of hydrogen-bond donors (Lipinski definition) is 1. The fourth-order valence-electron chi connectivity index (χ4n) is 2.81. The Hall–Kier alpha value is -2.66. The molecule has 0 aliphatic heterocycles. The third-order valence-corrected chi connectivity index (χ3v) is 4.61. The van der Waals surface area contributed by atoms with E-state index in [4.69, 9.17) is 4.74 Å². The summed E-state index contributed by atoms with van der Waals surface area (Å²) in [7, 11) is 0. The van der Waals surface area contributed by atoms with E-state index < -0.39 is 0 Å². The van der Waals surface area contributed by atoms with Crippen LogP contribution < -0.4 is 10.1 Å². The molecular weight excluding hydrogens is 344 g/mol. The Morgan fingerprint density at radius 2 is 1.77 bits per heavy atom. The van der Waals surface area contributed by atoms with E-state index in [1.54, 1.807) is 6.20 Å². The highest BCUT2D eigenvalue weighted by Crippen LogP contribution is 2.30. The van der Waals surface area contributed by atoms with Gasteiger partial charge < -0.3 is 10.1 Å². The zero-order valence-electron chi connectivity index (χ0n) is 14.9. The highest BCUT2D eigenvalue weighted by atomic mass is 32.1. The van der Waals surface area contributed by atoms with Crippen LogP contribution in [0.15, 0.2) is 66.2 Å². The van der Waals surface area contributed by atoms with Crippen molar-refractivity contribution in [1.29, 1.82) is 0 Å². The molecular formula is C21H22N2O2S. The predicted octanol–water partition coefficient (Wildman–Crippen LogP) is 5.09. The van der Waals surface area contributed by atoms with Crippen molar-refractivity contribution in [2.24, 2.45) is 0 Å². The molecule has 0 bridgehead atoms. The minimum Gasteiger partial charge on any atom is -0.491 e. The fraction of sp³-hybridized carbons (Fsp3) is 0.238. The summed E-state index contributed by atoms with van der Waals surface area (Å²) in [5.41, 5.74) is 2.20. The van der Waals surface area contributed by atoms with Crippen LogP contribution in [0.2, 0.25) is 0 Å². The maximum absolute atomic E-state index is 12.5. The van der Waals surface area contributed by atoms with Crippen LogP contribution in [0.5, 0.6) is 5.75 Å². The molecule has 1 atom stereocenters. The van der Waals surface area contributed by atoms with Gasteiger partial charge in [0.1, 0.15) is 5.75 Å². The van der Waals surface area contributed by atoms with E-state index in [0.29, 0.717) is 11.6 Å². The summed E-state index contributed by atoms with van der Waals surface area (Å²) in [5.74, 6) is 0.767. The fourth-order valence-corrected chi connectivity index (χ4v) is 3.35. The zero-order chi connectivity index (χ0) is 18.4. The summed E-state index contributed by atoms with van der Waals surface area (Å²) >= 11 is 1.42. The molecule has 5 heteroatoms. The zero-order valence-corrected chi connectivity index (χ0v) is 15.7. The Balaban J connectivity index is 1.80. The number of hydrogen-bond acceptors (Lipinski definition) is 4. The number of carbonyl (C=O) groups excluding carboxylic acids is 1. The maximum Gasteiger partial charge on any atom is 0.227 e. The summed E-state index contributed by atoms with van der Waals surface area (Å²) in [4.78, 5) is 16.6. The maximum atomic E-state index is 12.5. The van der Waals surface area contributed by atoms with Crippen LogP contribution in [0.1, 0.15) is 37.3 Å². The number of benzene rings is 2. The van der Waals surface area contributed by atoms with Gasteiger partial charge in [-0.15, -0.1) is 11.3 Å². The lowest BCUT2D eigenvalue weighted by molar-refractivity contribution is -0.116. The Kier molecular flexibility index (Phi) is 6.02. The van der Waals surface area contributed by atoms with Crippen molar-refractivity contribution in [3.05, 3.63) is 77.3 Å².